The molecular weight excluding hydrogens is 360 g/mol. The Morgan fingerprint density at radius 3 is 1.82 bits per heavy atom. The minimum absolute atomic E-state index is 0.00562. The van der Waals surface area contributed by atoms with Gasteiger partial charge in [0.25, 0.3) is 17.5 Å². The lowest BCUT2D eigenvalue weighted by atomic mass is 10.1. The molecule has 148 valence electrons. The van der Waals surface area contributed by atoms with Gasteiger partial charge in [0.15, 0.2) is 13.1 Å². The number of carbonyl (C=O) groups excluding carboxylic acids is 2. The molecule has 8 heteroatoms. The van der Waals surface area contributed by atoms with E-state index in [1.807, 2.05) is 32.0 Å². The van der Waals surface area contributed by atoms with E-state index in [4.69, 9.17) is 0 Å². The summed E-state index contributed by atoms with van der Waals surface area (Å²) in [6.45, 7) is 5.63. The summed E-state index contributed by atoms with van der Waals surface area (Å²) in [5, 5.41) is 16.6. The standard InChI is InChI=1S/C20H24N4O4/c1-13-7-5-8-14(2)19(13)21-17(25)11-23(4)12-18(26)22-20-15(3)9-6-10-16(20)24(27)28/h5-10H,11-12H2,1-4H3,(H,21,25)(H,22,26)/p+1. The normalized spacial score (nSPS) is 11.6. The number of rotatable bonds is 7. The van der Waals surface area contributed by atoms with E-state index in [0.29, 0.717) is 10.5 Å². The highest BCUT2D eigenvalue weighted by atomic mass is 16.6. The van der Waals surface area contributed by atoms with Gasteiger partial charge in [-0.15, -0.1) is 0 Å². The fraction of sp³-hybridized carbons (Fsp3) is 0.300. The molecule has 0 aliphatic rings. The Hall–Kier alpha value is -3.26. The molecule has 0 fully saturated rings. The molecule has 0 aliphatic heterocycles. The molecule has 3 N–H and O–H groups in total. The zero-order chi connectivity index (χ0) is 20.8. The van der Waals surface area contributed by atoms with Crippen molar-refractivity contribution in [1.29, 1.82) is 0 Å². The summed E-state index contributed by atoms with van der Waals surface area (Å²) in [5.41, 5.74) is 3.35. The summed E-state index contributed by atoms with van der Waals surface area (Å²) in [7, 11) is 1.72. The zero-order valence-electron chi connectivity index (χ0n) is 16.5. The maximum atomic E-state index is 12.3. The molecule has 0 spiro atoms. The lowest BCUT2D eigenvalue weighted by molar-refractivity contribution is -0.862. The number of para-hydroxylation sites is 2. The van der Waals surface area contributed by atoms with E-state index in [-0.39, 0.29) is 30.4 Å². The van der Waals surface area contributed by atoms with Crippen LogP contribution in [-0.4, -0.2) is 36.9 Å². The average molecular weight is 385 g/mol. The van der Waals surface area contributed by atoms with Gasteiger partial charge in [0, 0.05) is 11.8 Å². The van der Waals surface area contributed by atoms with Crippen LogP contribution < -0.4 is 15.5 Å². The number of aryl methyl sites for hydroxylation is 3. The van der Waals surface area contributed by atoms with E-state index in [1.165, 1.54) is 6.07 Å². The summed E-state index contributed by atoms with van der Waals surface area (Å²) >= 11 is 0. The predicted molar refractivity (Wildman–Crippen MR) is 108 cm³/mol. The number of hydrogen-bond donors (Lipinski definition) is 3. The van der Waals surface area contributed by atoms with E-state index in [2.05, 4.69) is 10.6 Å². The first kappa shape index (κ1) is 21.0. The number of benzene rings is 2. The van der Waals surface area contributed by atoms with Crippen molar-refractivity contribution in [2.45, 2.75) is 20.8 Å². The molecule has 2 amide bonds. The van der Waals surface area contributed by atoms with Crippen molar-refractivity contribution in [2.24, 2.45) is 0 Å². The maximum Gasteiger partial charge on any atom is 0.293 e. The van der Waals surface area contributed by atoms with Crippen LogP contribution in [0.15, 0.2) is 36.4 Å². The van der Waals surface area contributed by atoms with Crippen LogP contribution in [0.2, 0.25) is 0 Å². The zero-order valence-corrected chi connectivity index (χ0v) is 16.5. The molecule has 8 nitrogen and oxygen atoms in total. The monoisotopic (exact) mass is 385 g/mol. The molecule has 2 aromatic carbocycles. The smallest absolute Gasteiger partial charge is 0.293 e. The quantitative estimate of drug-likeness (QED) is 0.497. The fourth-order valence-electron chi connectivity index (χ4n) is 2.96. The Kier molecular flexibility index (Phi) is 6.84. The molecule has 1 unspecified atom stereocenters. The number of nitrogens with zero attached hydrogens (tertiary/aromatic N) is 1. The van der Waals surface area contributed by atoms with E-state index < -0.39 is 10.8 Å². The summed E-state index contributed by atoms with van der Waals surface area (Å²) in [6, 6.07) is 10.4. The molecule has 0 heterocycles. The van der Waals surface area contributed by atoms with Crippen LogP contribution >= 0.6 is 0 Å². The van der Waals surface area contributed by atoms with Gasteiger partial charge >= 0.3 is 0 Å². The maximum absolute atomic E-state index is 12.3. The average Bonchev–Trinajstić information content (AvgIpc) is 2.59. The molecule has 0 saturated heterocycles. The summed E-state index contributed by atoms with van der Waals surface area (Å²) in [6.07, 6.45) is 0. The molecule has 0 aliphatic carbocycles. The number of nitrogens with one attached hydrogen (secondary N) is 3. The van der Waals surface area contributed by atoms with Crippen LogP contribution in [0.1, 0.15) is 16.7 Å². The number of likely N-dealkylation sites (N-methyl/N-ethyl adjacent to an activating group) is 1. The van der Waals surface area contributed by atoms with Gasteiger partial charge in [-0.2, -0.15) is 0 Å². The third kappa shape index (κ3) is 5.37. The van der Waals surface area contributed by atoms with Crippen molar-refractivity contribution in [3.63, 3.8) is 0 Å². The number of nitro benzene ring substituents is 1. The van der Waals surface area contributed by atoms with Crippen molar-refractivity contribution in [3.05, 3.63) is 63.2 Å². The van der Waals surface area contributed by atoms with Crippen molar-refractivity contribution in [1.82, 2.24) is 0 Å². The molecule has 0 radical (unpaired) electrons. The van der Waals surface area contributed by atoms with Gasteiger partial charge in [0.1, 0.15) is 5.69 Å². The minimum atomic E-state index is -0.531. The molecule has 28 heavy (non-hydrogen) atoms. The fourth-order valence-corrected chi connectivity index (χ4v) is 2.96. The largest absolute Gasteiger partial charge is 0.322 e. The Morgan fingerprint density at radius 2 is 1.32 bits per heavy atom. The van der Waals surface area contributed by atoms with Gasteiger partial charge in [0.05, 0.1) is 12.0 Å². The van der Waals surface area contributed by atoms with Crippen molar-refractivity contribution < 1.29 is 19.4 Å². The molecule has 0 aromatic heterocycles. The number of carbonyl (C=O) groups is 2. The number of hydrogen-bond acceptors (Lipinski definition) is 4. The number of nitro groups is 1. The van der Waals surface area contributed by atoms with Crippen LogP contribution in [0.25, 0.3) is 0 Å². The van der Waals surface area contributed by atoms with E-state index >= 15 is 0 Å². The first-order valence-electron chi connectivity index (χ1n) is 8.90. The Bertz CT molecular complexity index is 891. The van der Waals surface area contributed by atoms with Gasteiger partial charge in [-0.25, -0.2) is 0 Å². The second kappa shape index (κ2) is 9.09. The number of anilines is 2. The Balaban J connectivity index is 1.96. The van der Waals surface area contributed by atoms with Gasteiger partial charge in [-0.05, 0) is 37.5 Å². The van der Waals surface area contributed by atoms with Crippen LogP contribution in [0.5, 0.6) is 0 Å². The number of amides is 2. The summed E-state index contributed by atoms with van der Waals surface area (Å²) < 4.78 is 0. The lowest BCUT2D eigenvalue weighted by Gasteiger charge is -2.16. The highest BCUT2D eigenvalue weighted by Crippen LogP contribution is 2.27. The second-order valence-corrected chi connectivity index (χ2v) is 6.90. The van der Waals surface area contributed by atoms with Gasteiger partial charge in [-0.3, -0.25) is 19.7 Å². The molecule has 1 atom stereocenters. The highest BCUT2D eigenvalue weighted by Gasteiger charge is 2.20. The summed E-state index contributed by atoms with van der Waals surface area (Å²) in [4.78, 5) is 35.9. The highest BCUT2D eigenvalue weighted by molar-refractivity contribution is 5.95. The topological polar surface area (TPSA) is 106 Å². The van der Waals surface area contributed by atoms with Crippen LogP contribution in [0, 0.1) is 30.9 Å². The minimum Gasteiger partial charge on any atom is -0.322 e. The van der Waals surface area contributed by atoms with Gasteiger partial charge in [-0.1, -0.05) is 30.3 Å². The van der Waals surface area contributed by atoms with E-state index in [1.54, 1.807) is 26.1 Å². The van der Waals surface area contributed by atoms with Gasteiger partial charge in [0.2, 0.25) is 0 Å². The van der Waals surface area contributed by atoms with Crippen molar-refractivity contribution in [3.8, 4) is 0 Å². The second-order valence-electron chi connectivity index (χ2n) is 6.90. The Morgan fingerprint density at radius 1 is 0.893 bits per heavy atom. The third-order valence-corrected chi connectivity index (χ3v) is 4.38. The van der Waals surface area contributed by atoms with Crippen LogP contribution in [0.3, 0.4) is 0 Å². The van der Waals surface area contributed by atoms with Gasteiger partial charge < -0.3 is 15.5 Å². The third-order valence-electron chi connectivity index (χ3n) is 4.38. The van der Waals surface area contributed by atoms with Crippen LogP contribution in [-0.2, 0) is 9.59 Å². The first-order valence-corrected chi connectivity index (χ1v) is 8.90. The molecule has 2 rings (SSSR count). The van der Waals surface area contributed by atoms with Crippen molar-refractivity contribution in [2.75, 3.05) is 30.8 Å². The van der Waals surface area contributed by atoms with Crippen molar-refractivity contribution >= 4 is 28.9 Å². The van der Waals surface area contributed by atoms with E-state index in [0.717, 1.165) is 16.8 Å². The summed E-state index contributed by atoms with van der Waals surface area (Å²) in [5.74, 6) is -0.598. The Labute approximate surface area is 163 Å². The molecule has 2 aromatic rings. The SMILES string of the molecule is Cc1cccc(C)c1NC(=O)C[NH+](C)CC(=O)Nc1c(C)cccc1[N+](=O)[O-]. The first-order chi connectivity index (χ1) is 13.2. The lowest BCUT2D eigenvalue weighted by Crippen LogP contribution is -3.11. The number of quaternary nitrogens is 1. The molecule has 0 saturated carbocycles. The van der Waals surface area contributed by atoms with Crippen LogP contribution in [0.4, 0.5) is 17.1 Å². The molecule has 0 bridgehead atoms. The molecular formula is C20H25N4O4+. The predicted octanol–water partition coefficient (Wildman–Crippen LogP) is 1.61. The van der Waals surface area contributed by atoms with E-state index in [9.17, 15) is 19.7 Å².